The summed E-state index contributed by atoms with van der Waals surface area (Å²) >= 11 is 0. The van der Waals surface area contributed by atoms with Gasteiger partial charge in [0.2, 0.25) is 5.91 Å². The highest BCUT2D eigenvalue weighted by molar-refractivity contribution is 6.07. The normalized spacial score (nSPS) is 16.4. The van der Waals surface area contributed by atoms with Crippen molar-refractivity contribution in [3.8, 4) is 0 Å². The number of nitrogens with two attached hydrogens (primary N) is 1. The molecule has 0 saturated carbocycles. The molecular weight excluding hydrogens is 338 g/mol. The van der Waals surface area contributed by atoms with Crippen molar-refractivity contribution < 1.29 is 4.79 Å². The van der Waals surface area contributed by atoms with Crippen LogP contribution in [0.25, 0.3) is 12.2 Å². The fraction of sp³-hybridized carbons (Fsp3) is 0.238. The molecule has 2 aromatic rings. The molecule has 0 aromatic heterocycles. The number of benzene rings is 2. The molecule has 4 rings (SSSR count). The van der Waals surface area contributed by atoms with Crippen LogP contribution in [0.1, 0.15) is 11.1 Å². The smallest absolute Gasteiger partial charge is 0.245 e. The Hall–Kier alpha value is -3.12. The van der Waals surface area contributed by atoms with E-state index in [4.69, 9.17) is 11.1 Å². The number of hydrogen-bond acceptors (Lipinski definition) is 3. The van der Waals surface area contributed by atoms with Gasteiger partial charge in [0.15, 0.2) is 5.96 Å². The number of hydrogen-bond donors (Lipinski definition) is 2. The van der Waals surface area contributed by atoms with Gasteiger partial charge >= 0.3 is 0 Å². The van der Waals surface area contributed by atoms with Gasteiger partial charge in [-0.05, 0) is 23.3 Å². The van der Waals surface area contributed by atoms with Crippen molar-refractivity contribution in [1.82, 2.24) is 9.80 Å². The van der Waals surface area contributed by atoms with Crippen LogP contribution in [-0.2, 0) is 4.79 Å². The van der Waals surface area contributed by atoms with Gasteiger partial charge in [-0.3, -0.25) is 20.0 Å². The van der Waals surface area contributed by atoms with Crippen LogP contribution >= 0.6 is 0 Å². The van der Waals surface area contributed by atoms with Crippen LogP contribution in [0.15, 0.2) is 48.5 Å². The zero-order valence-electron chi connectivity index (χ0n) is 15.1. The number of piperazine rings is 1. The molecule has 2 aliphatic heterocycles. The molecule has 2 heterocycles. The van der Waals surface area contributed by atoms with Crippen molar-refractivity contribution in [2.24, 2.45) is 5.73 Å². The quantitative estimate of drug-likeness (QED) is 0.636. The molecule has 0 bridgehead atoms. The van der Waals surface area contributed by atoms with Crippen molar-refractivity contribution in [2.75, 3.05) is 37.6 Å². The highest BCUT2D eigenvalue weighted by atomic mass is 16.2. The molecule has 6 nitrogen and oxygen atoms in total. The number of fused-ring (bicyclic) bond motifs is 2. The molecule has 1 amide bonds. The van der Waals surface area contributed by atoms with Crippen molar-refractivity contribution in [2.45, 2.75) is 0 Å². The maximum absolute atomic E-state index is 13.3. The van der Waals surface area contributed by atoms with E-state index < -0.39 is 0 Å². The third-order valence-corrected chi connectivity index (χ3v) is 5.12. The molecular formula is C21H23N5O. The fourth-order valence-electron chi connectivity index (χ4n) is 3.65. The Morgan fingerprint density at radius 3 is 1.93 bits per heavy atom. The predicted molar refractivity (Wildman–Crippen MR) is 109 cm³/mol. The van der Waals surface area contributed by atoms with Crippen LogP contribution in [0.5, 0.6) is 0 Å². The third-order valence-electron chi connectivity index (χ3n) is 5.12. The lowest BCUT2D eigenvalue weighted by Crippen LogP contribution is -2.52. The molecule has 3 N–H and O–H groups in total. The second-order valence-electron chi connectivity index (χ2n) is 6.83. The van der Waals surface area contributed by atoms with Crippen LogP contribution in [0.4, 0.5) is 11.4 Å². The van der Waals surface area contributed by atoms with Gasteiger partial charge in [-0.25, -0.2) is 0 Å². The highest BCUT2D eigenvalue weighted by Gasteiger charge is 2.27. The minimum absolute atomic E-state index is 0.0508. The van der Waals surface area contributed by atoms with E-state index in [1.165, 1.54) is 0 Å². The fourth-order valence-corrected chi connectivity index (χ4v) is 3.65. The summed E-state index contributed by atoms with van der Waals surface area (Å²) in [6, 6.07) is 16.0. The lowest BCUT2D eigenvalue weighted by atomic mass is 10.1. The molecule has 6 heteroatoms. The van der Waals surface area contributed by atoms with Crippen molar-refractivity contribution in [3.05, 3.63) is 59.7 Å². The van der Waals surface area contributed by atoms with Gasteiger partial charge in [-0.1, -0.05) is 48.6 Å². The summed E-state index contributed by atoms with van der Waals surface area (Å²) in [7, 11) is 0. The largest absolute Gasteiger partial charge is 0.370 e. The summed E-state index contributed by atoms with van der Waals surface area (Å²) in [5.41, 5.74) is 9.44. The molecule has 2 aliphatic rings. The standard InChI is InChI=1S/C21H23N5O/c22-21(23)25-13-11-24(12-14-25)15-20(27)26-18-7-3-1-5-16(18)9-10-17-6-2-4-8-19(17)26/h1-10H,11-15H2,(H3,22,23). The van der Waals surface area contributed by atoms with Gasteiger partial charge in [-0.15, -0.1) is 0 Å². The van der Waals surface area contributed by atoms with Gasteiger partial charge in [-0.2, -0.15) is 0 Å². The molecule has 27 heavy (non-hydrogen) atoms. The predicted octanol–water partition coefficient (Wildman–Crippen LogP) is 2.35. The summed E-state index contributed by atoms with van der Waals surface area (Å²) in [6.45, 7) is 3.14. The summed E-state index contributed by atoms with van der Waals surface area (Å²) in [4.78, 5) is 19.1. The molecule has 138 valence electrons. The maximum atomic E-state index is 13.3. The summed E-state index contributed by atoms with van der Waals surface area (Å²) < 4.78 is 0. The number of nitrogens with one attached hydrogen (secondary N) is 1. The molecule has 0 unspecified atom stereocenters. The van der Waals surface area contributed by atoms with Crippen molar-refractivity contribution in [1.29, 1.82) is 5.41 Å². The second kappa shape index (κ2) is 7.25. The number of nitrogens with zero attached hydrogens (tertiary/aromatic N) is 3. The van der Waals surface area contributed by atoms with Crippen molar-refractivity contribution >= 4 is 35.4 Å². The van der Waals surface area contributed by atoms with Crippen LogP contribution in [0.3, 0.4) is 0 Å². The van der Waals surface area contributed by atoms with E-state index in [2.05, 4.69) is 17.1 Å². The van der Waals surface area contributed by atoms with E-state index in [-0.39, 0.29) is 11.9 Å². The van der Waals surface area contributed by atoms with Gasteiger partial charge < -0.3 is 10.6 Å². The average molecular weight is 361 g/mol. The molecule has 1 saturated heterocycles. The van der Waals surface area contributed by atoms with Crippen LogP contribution in [-0.4, -0.2) is 54.4 Å². The van der Waals surface area contributed by atoms with Gasteiger partial charge in [0, 0.05) is 26.2 Å². The minimum Gasteiger partial charge on any atom is -0.370 e. The first-order valence-electron chi connectivity index (χ1n) is 9.14. The average Bonchev–Trinajstić information content (AvgIpc) is 2.85. The number of rotatable bonds is 2. The van der Waals surface area contributed by atoms with Crippen LogP contribution in [0.2, 0.25) is 0 Å². The van der Waals surface area contributed by atoms with Gasteiger partial charge in [0.05, 0.1) is 17.9 Å². The summed E-state index contributed by atoms with van der Waals surface area (Å²) in [5.74, 6) is 0.150. The Labute approximate surface area is 159 Å². The van der Waals surface area contributed by atoms with Crippen LogP contribution in [0, 0.1) is 5.41 Å². The van der Waals surface area contributed by atoms with E-state index in [0.717, 1.165) is 35.6 Å². The Bertz CT molecular complexity index is 849. The molecule has 0 spiro atoms. The van der Waals surface area contributed by atoms with Gasteiger partial charge in [0.1, 0.15) is 0 Å². The minimum atomic E-state index is 0.0508. The number of carbonyl (C=O) groups is 1. The first-order chi connectivity index (χ1) is 13.1. The number of carbonyl (C=O) groups excluding carboxylic acids is 1. The molecule has 2 aromatic carbocycles. The molecule has 0 radical (unpaired) electrons. The first-order valence-corrected chi connectivity index (χ1v) is 9.14. The summed E-state index contributed by atoms with van der Waals surface area (Å²) in [6.07, 6.45) is 4.13. The van der Waals surface area contributed by atoms with Crippen molar-refractivity contribution in [3.63, 3.8) is 0 Å². The number of amides is 1. The van der Waals surface area contributed by atoms with E-state index in [9.17, 15) is 4.79 Å². The van der Waals surface area contributed by atoms with E-state index in [1.54, 1.807) is 0 Å². The first kappa shape index (κ1) is 17.3. The SMILES string of the molecule is N=C(N)N1CCN(CC(=O)N2c3ccccc3C=Cc3ccccc32)CC1. The Kier molecular flexibility index (Phi) is 4.64. The molecule has 0 aliphatic carbocycles. The Morgan fingerprint density at radius 1 is 0.889 bits per heavy atom. The topological polar surface area (TPSA) is 76.7 Å². The number of para-hydroxylation sites is 2. The van der Waals surface area contributed by atoms with Crippen LogP contribution < -0.4 is 10.6 Å². The lowest BCUT2D eigenvalue weighted by Gasteiger charge is -2.35. The Morgan fingerprint density at radius 2 is 1.41 bits per heavy atom. The second-order valence-corrected chi connectivity index (χ2v) is 6.83. The maximum Gasteiger partial charge on any atom is 0.245 e. The lowest BCUT2D eigenvalue weighted by molar-refractivity contribution is -0.119. The Balaban J connectivity index is 1.60. The monoisotopic (exact) mass is 361 g/mol. The third kappa shape index (κ3) is 3.44. The summed E-state index contributed by atoms with van der Waals surface area (Å²) in [5, 5.41) is 7.55. The zero-order chi connectivity index (χ0) is 18.8. The number of anilines is 2. The zero-order valence-corrected chi connectivity index (χ0v) is 15.1. The van der Waals surface area contributed by atoms with Gasteiger partial charge in [0.25, 0.3) is 0 Å². The van der Waals surface area contributed by atoms with E-state index in [0.29, 0.717) is 19.6 Å². The highest BCUT2D eigenvalue weighted by Crippen LogP contribution is 2.36. The van der Waals surface area contributed by atoms with E-state index >= 15 is 0 Å². The molecule has 1 fully saturated rings. The number of guanidine groups is 1. The van der Waals surface area contributed by atoms with E-state index in [1.807, 2.05) is 58.3 Å². The molecule has 0 atom stereocenters.